The van der Waals surface area contributed by atoms with E-state index >= 15 is 0 Å². The van der Waals surface area contributed by atoms with Gasteiger partial charge in [0, 0.05) is 25.0 Å². The number of halogens is 1. The smallest absolute Gasteiger partial charge is 0.257 e. The van der Waals surface area contributed by atoms with E-state index in [4.69, 9.17) is 21.1 Å². The zero-order valence-corrected chi connectivity index (χ0v) is 14.7. The summed E-state index contributed by atoms with van der Waals surface area (Å²) in [5, 5.41) is 6.45. The first kappa shape index (κ1) is 17.5. The average molecular weight is 362 g/mol. The van der Waals surface area contributed by atoms with Gasteiger partial charge < -0.3 is 20.1 Å². The quantitative estimate of drug-likeness (QED) is 0.822. The number of aromatic nitrogens is 1. The second-order valence-electron chi connectivity index (χ2n) is 5.75. The standard InChI is InChI=1S/C18H20ClN3O3/c1-24-16-6-5-13(9-15(16)19)22-18(23)12-4-7-17(20-10-12)21-11-14-3-2-8-25-14/h4-7,9-10,14H,2-3,8,11H2,1H3,(H,20,21)(H,22,23). The molecule has 1 unspecified atom stereocenters. The molecule has 1 atom stereocenters. The van der Waals surface area contributed by atoms with Crippen LogP contribution in [-0.4, -0.2) is 37.3 Å². The third-order valence-corrected chi connectivity index (χ3v) is 4.27. The number of nitrogens with one attached hydrogen (secondary N) is 2. The second-order valence-corrected chi connectivity index (χ2v) is 6.16. The fourth-order valence-electron chi connectivity index (χ4n) is 2.60. The van der Waals surface area contributed by atoms with Crippen LogP contribution in [0, 0.1) is 0 Å². The summed E-state index contributed by atoms with van der Waals surface area (Å²) in [4.78, 5) is 16.6. The Kier molecular flexibility index (Phi) is 5.73. The van der Waals surface area contributed by atoms with Gasteiger partial charge in [0.2, 0.25) is 0 Å². The molecule has 3 rings (SSSR count). The molecule has 1 saturated heterocycles. The van der Waals surface area contributed by atoms with Gasteiger partial charge >= 0.3 is 0 Å². The molecule has 0 radical (unpaired) electrons. The number of ether oxygens (including phenoxy) is 2. The van der Waals surface area contributed by atoms with E-state index in [0.29, 0.717) is 22.0 Å². The van der Waals surface area contributed by atoms with Crippen molar-refractivity contribution in [3.8, 4) is 5.75 Å². The van der Waals surface area contributed by atoms with Crippen molar-refractivity contribution in [3.05, 3.63) is 47.1 Å². The summed E-state index contributed by atoms with van der Waals surface area (Å²) in [7, 11) is 1.54. The number of rotatable bonds is 6. The highest BCUT2D eigenvalue weighted by Gasteiger charge is 2.15. The van der Waals surface area contributed by atoms with Crippen molar-refractivity contribution in [2.24, 2.45) is 0 Å². The number of anilines is 2. The molecule has 0 saturated carbocycles. The third kappa shape index (κ3) is 4.61. The van der Waals surface area contributed by atoms with Crippen molar-refractivity contribution in [2.75, 3.05) is 30.9 Å². The number of benzene rings is 1. The predicted octanol–water partition coefficient (Wildman–Crippen LogP) is 3.59. The summed E-state index contributed by atoms with van der Waals surface area (Å²) >= 11 is 6.06. The lowest BCUT2D eigenvalue weighted by atomic mass is 10.2. The van der Waals surface area contributed by atoms with Crippen LogP contribution in [0.2, 0.25) is 5.02 Å². The van der Waals surface area contributed by atoms with Crippen molar-refractivity contribution in [1.82, 2.24) is 4.98 Å². The lowest BCUT2D eigenvalue weighted by Crippen LogP contribution is -2.19. The Morgan fingerprint density at radius 2 is 2.28 bits per heavy atom. The first-order chi connectivity index (χ1) is 12.2. The summed E-state index contributed by atoms with van der Waals surface area (Å²) in [5.41, 5.74) is 1.06. The molecule has 0 bridgehead atoms. The molecule has 2 heterocycles. The van der Waals surface area contributed by atoms with E-state index in [1.165, 1.54) is 6.20 Å². The van der Waals surface area contributed by atoms with Crippen LogP contribution >= 0.6 is 11.6 Å². The maximum atomic E-state index is 12.3. The lowest BCUT2D eigenvalue weighted by molar-refractivity contribution is 0.102. The molecular formula is C18H20ClN3O3. The minimum atomic E-state index is -0.251. The van der Waals surface area contributed by atoms with Gasteiger partial charge in [-0.05, 0) is 43.2 Å². The van der Waals surface area contributed by atoms with Crippen LogP contribution in [0.5, 0.6) is 5.75 Å². The van der Waals surface area contributed by atoms with E-state index in [0.717, 1.165) is 31.8 Å². The molecule has 2 aromatic rings. The van der Waals surface area contributed by atoms with Gasteiger partial charge in [0.25, 0.3) is 5.91 Å². The highest BCUT2D eigenvalue weighted by molar-refractivity contribution is 6.32. The average Bonchev–Trinajstić information content (AvgIpc) is 3.14. The van der Waals surface area contributed by atoms with E-state index in [1.807, 2.05) is 0 Å². The highest BCUT2D eigenvalue weighted by Crippen LogP contribution is 2.27. The zero-order valence-electron chi connectivity index (χ0n) is 13.9. The largest absolute Gasteiger partial charge is 0.495 e. The van der Waals surface area contributed by atoms with Crippen molar-refractivity contribution in [1.29, 1.82) is 0 Å². The third-order valence-electron chi connectivity index (χ3n) is 3.97. The van der Waals surface area contributed by atoms with Crippen LogP contribution in [0.4, 0.5) is 11.5 Å². The number of amides is 1. The summed E-state index contributed by atoms with van der Waals surface area (Å²) in [6.07, 6.45) is 3.95. The molecule has 2 N–H and O–H groups in total. The first-order valence-corrected chi connectivity index (χ1v) is 8.50. The minimum absolute atomic E-state index is 0.240. The van der Waals surface area contributed by atoms with Crippen LogP contribution in [0.3, 0.4) is 0 Å². The van der Waals surface area contributed by atoms with Gasteiger partial charge in [0.05, 0.1) is 23.8 Å². The Balaban J connectivity index is 1.57. The number of pyridine rings is 1. The molecule has 1 fully saturated rings. The highest BCUT2D eigenvalue weighted by atomic mass is 35.5. The number of nitrogens with zero attached hydrogens (tertiary/aromatic N) is 1. The molecule has 0 aliphatic carbocycles. The summed E-state index contributed by atoms with van der Waals surface area (Å²) in [6, 6.07) is 8.58. The molecule has 1 aromatic carbocycles. The van der Waals surface area contributed by atoms with Gasteiger partial charge in [-0.1, -0.05) is 11.6 Å². The molecule has 1 aliphatic heterocycles. The Bertz CT molecular complexity index is 731. The van der Waals surface area contributed by atoms with Crippen LogP contribution in [0.25, 0.3) is 0 Å². The van der Waals surface area contributed by atoms with Gasteiger partial charge in [0.1, 0.15) is 11.6 Å². The van der Waals surface area contributed by atoms with Gasteiger partial charge in [0.15, 0.2) is 0 Å². The zero-order chi connectivity index (χ0) is 17.6. The molecule has 1 aliphatic rings. The normalized spacial score (nSPS) is 16.5. The van der Waals surface area contributed by atoms with Gasteiger partial charge in [-0.3, -0.25) is 4.79 Å². The lowest BCUT2D eigenvalue weighted by Gasteiger charge is -2.11. The van der Waals surface area contributed by atoms with Gasteiger partial charge in [-0.15, -0.1) is 0 Å². The summed E-state index contributed by atoms with van der Waals surface area (Å²) in [5.74, 6) is 1.03. The number of carbonyl (C=O) groups excluding carboxylic acids is 1. The van der Waals surface area contributed by atoms with E-state index in [2.05, 4.69) is 15.6 Å². The SMILES string of the molecule is COc1ccc(NC(=O)c2ccc(NCC3CCCO3)nc2)cc1Cl. The minimum Gasteiger partial charge on any atom is -0.495 e. The maximum absolute atomic E-state index is 12.3. The monoisotopic (exact) mass is 361 g/mol. The molecular weight excluding hydrogens is 342 g/mol. The topological polar surface area (TPSA) is 72.5 Å². The number of hydrogen-bond acceptors (Lipinski definition) is 5. The number of carbonyl (C=O) groups is 1. The van der Waals surface area contributed by atoms with Crippen molar-refractivity contribution in [2.45, 2.75) is 18.9 Å². The van der Waals surface area contributed by atoms with Gasteiger partial charge in [-0.2, -0.15) is 0 Å². The first-order valence-electron chi connectivity index (χ1n) is 8.12. The molecule has 132 valence electrons. The van der Waals surface area contributed by atoms with Crippen molar-refractivity contribution < 1.29 is 14.3 Å². The molecule has 1 amide bonds. The van der Waals surface area contributed by atoms with Gasteiger partial charge in [-0.25, -0.2) is 4.98 Å². The summed E-state index contributed by atoms with van der Waals surface area (Å²) < 4.78 is 10.6. The van der Waals surface area contributed by atoms with E-state index < -0.39 is 0 Å². The van der Waals surface area contributed by atoms with Crippen LogP contribution in [-0.2, 0) is 4.74 Å². The van der Waals surface area contributed by atoms with Crippen LogP contribution < -0.4 is 15.4 Å². The van der Waals surface area contributed by atoms with Crippen molar-refractivity contribution >= 4 is 29.0 Å². The number of methoxy groups -OCH3 is 1. The molecule has 1 aromatic heterocycles. The molecule has 0 spiro atoms. The second kappa shape index (κ2) is 8.18. The maximum Gasteiger partial charge on any atom is 0.257 e. The predicted molar refractivity (Wildman–Crippen MR) is 97.7 cm³/mol. The fourth-order valence-corrected chi connectivity index (χ4v) is 2.86. The Hall–Kier alpha value is -2.31. The summed E-state index contributed by atoms with van der Waals surface area (Å²) in [6.45, 7) is 1.55. The van der Waals surface area contributed by atoms with E-state index in [1.54, 1.807) is 37.4 Å². The fraction of sp³-hybridized carbons (Fsp3) is 0.333. The molecule has 7 heteroatoms. The van der Waals surface area contributed by atoms with Crippen molar-refractivity contribution in [3.63, 3.8) is 0 Å². The van der Waals surface area contributed by atoms with E-state index in [9.17, 15) is 4.79 Å². The number of hydrogen-bond donors (Lipinski definition) is 2. The van der Waals surface area contributed by atoms with Crippen LogP contribution in [0.15, 0.2) is 36.5 Å². The molecule has 6 nitrogen and oxygen atoms in total. The Labute approximate surface area is 151 Å². The van der Waals surface area contributed by atoms with E-state index in [-0.39, 0.29) is 12.0 Å². The van der Waals surface area contributed by atoms with Crippen LogP contribution in [0.1, 0.15) is 23.2 Å². The Morgan fingerprint density at radius 3 is 2.92 bits per heavy atom. The molecule has 25 heavy (non-hydrogen) atoms. The Morgan fingerprint density at radius 1 is 1.40 bits per heavy atom.